The molecular formula is C60H82F5N11O14. The van der Waals surface area contributed by atoms with E-state index in [0.29, 0.717) is 41.8 Å². The maximum Gasteiger partial charge on any atom is 0.490 e. The highest BCUT2D eigenvalue weighted by molar-refractivity contribution is 6.12. The highest BCUT2D eigenvalue weighted by Crippen LogP contribution is 2.41. The van der Waals surface area contributed by atoms with Crippen molar-refractivity contribution in [2.75, 3.05) is 39.3 Å². The van der Waals surface area contributed by atoms with E-state index in [9.17, 15) is 75.7 Å². The summed E-state index contributed by atoms with van der Waals surface area (Å²) in [5, 5.41) is 38.1. The van der Waals surface area contributed by atoms with E-state index in [1.165, 1.54) is 17.1 Å². The number of urea groups is 1. The molecule has 0 spiro atoms. The molecule has 4 rings (SSSR count). The molecule has 0 saturated heterocycles. The molecule has 5 atom stereocenters. The van der Waals surface area contributed by atoms with Gasteiger partial charge in [-0.3, -0.25) is 48.2 Å². The summed E-state index contributed by atoms with van der Waals surface area (Å²) >= 11 is 0. The van der Waals surface area contributed by atoms with Crippen LogP contribution in [0.3, 0.4) is 0 Å². The molecule has 0 aliphatic carbocycles. The van der Waals surface area contributed by atoms with Gasteiger partial charge in [0.05, 0.1) is 12.1 Å². The number of nitrogens with two attached hydrogens (primary N) is 3. The third kappa shape index (κ3) is 24.0. The number of nitrogens with zero attached hydrogens (tertiary/aromatic N) is 4. The van der Waals surface area contributed by atoms with E-state index in [4.69, 9.17) is 27.1 Å². The summed E-state index contributed by atoms with van der Waals surface area (Å²) in [5.41, 5.74) is 18.2. The van der Waals surface area contributed by atoms with Gasteiger partial charge in [-0.1, -0.05) is 71.4 Å². The summed E-state index contributed by atoms with van der Waals surface area (Å²) in [7, 11) is 0. The molecule has 10 amide bonds. The molecule has 3 aromatic rings. The third-order valence-electron chi connectivity index (χ3n) is 14.2. The van der Waals surface area contributed by atoms with Crippen molar-refractivity contribution in [1.82, 2.24) is 40.5 Å². The Morgan fingerprint density at radius 1 is 0.744 bits per heavy atom. The first-order valence-electron chi connectivity index (χ1n) is 29.1. The number of halogens is 5. The average molecular weight is 1280 g/mol. The predicted octanol–water partition coefficient (Wildman–Crippen LogP) is 3.74. The number of imide groups is 2. The lowest BCUT2D eigenvalue weighted by Gasteiger charge is -2.41. The van der Waals surface area contributed by atoms with Crippen LogP contribution in [0.5, 0.6) is 0 Å². The van der Waals surface area contributed by atoms with Crippen LogP contribution in [0, 0.1) is 23.0 Å². The zero-order chi connectivity index (χ0) is 67.6. The third-order valence-corrected chi connectivity index (χ3v) is 14.2. The Hall–Kier alpha value is -8.64. The van der Waals surface area contributed by atoms with Crippen molar-refractivity contribution in [1.29, 1.82) is 0 Å². The predicted molar refractivity (Wildman–Crippen MR) is 316 cm³/mol. The van der Waals surface area contributed by atoms with Crippen LogP contribution in [0.1, 0.15) is 123 Å². The lowest BCUT2D eigenvalue weighted by molar-refractivity contribution is -0.192. The quantitative estimate of drug-likeness (QED) is 0.0231. The summed E-state index contributed by atoms with van der Waals surface area (Å²) in [5.74, 6) is -12.1. The fraction of sp³-hybridized carbons (Fsp3) is 0.517. The number of carbonyl (C=O) groups excluding carboxylic acids is 9. The number of benzene rings is 2. The second-order valence-electron chi connectivity index (χ2n) is 22.6. The summed E-state index contributed by atoms with van der Waals surface area (Å²) in [4.78, 5) is 144. The van der Waals surface area contributed by atoms with Crippen molar-refractivity contribution < 1.29 is 90.0 Å². The Kier molecular flexibility index (Phi) is 30.4. The number of alkyl halides is 3. The van der Waals surface area contributed by atoms with Crippen LogP contribution >= 0.6 is 0 Å². The second-order valence-corrected chi connectivity index (χ2v) is 22.6. The van der Waals surface area contributed by atoms with Gasteiger partial charge in [0.1, 0.15) is 36.4 Å². The standard InChI is InChI=1S/C58H81F2N11O12.C2HF3O2/c1-36(2)51(67-46(73)19-10-7-13-29-69-47(74)22-23-48(69)75)54(79)66-43(17-14-27-65-57(63)83)55(80)71(44(56(81)82)18-11-12-26-61)49(76)24-28-64-53(78)42(62)25-30-70(50(77)35-72)52(58(3,4)5)45-31-38(40-32-39(59)20-21-41(40)60)34-68(45)33-37-15-8-6-9-16-37;3-2(4,5)1(6)7/h6,8-9,15-16,20-23,31-32,34,36,42-44,51-52,72H,7,10-14,17-19,24-30,33,35,61-62H2,1-5H3,(H,64,78)(H,66,79)(H,67,73)(H,81,82)(H3,63,65,83);(H,6,7)/t42-,43-,44-,51-,52-;/m0./s1. The van der Waals surface area contributed by atoms with Gasteiger partial charge in [0.2, 0.25) is 29.5 Å². The molecular weight excluding hydrogens is 1190 g/mol. The van der Waals surface area contributed by atoms with Gasteiger partial charge < -0.3 is 63.3 Å². The van der Waals surface area contributed by atoms with Crippen molar-refractivity contribution in [2.45, 2.75) is 148 Å². The average Bonchev–Trinajstić information content (AvgIpc) is 1.59. The summed E-state index contributed by atoms with van der Waals surface area (Å²) in [6.07, 6.45) is -0.684. The Morgan fingerprint density at radius 3 is 1.96 bits per heavy atom. The number of amides is 10. The zero-order valence-corrected chi connectivity index (χ0v) is 50.9. The number of carboxylic acid groups (broad SMARTS) is 2. The van der Waals surface area contributed by atoms with Crippen LogP contribution in [0.2, 0.25) is 0 Å². The zero-order valence-electron chi connectivity index (χ0n) is 50.9. The van der Waals surface area contributed by atoms with Gasteiger partial charge >= 0.3 is 24.1 Å². The number of primary amides is 1. The maximum atomic E-state index is 15.3. The van der Waals surface area contributed by atoms with E-state index >= 15 is 4.39 Å². The molecule has 1 aliphatic rings. The van der Waals surface area contributed by atoms with Gasteiger partial charge in [-0.15, -0.1) is 0 Å². The van der Waals surface area contributed by atoms with Gasteiger partial charge in [-0.2, -0.15) is 13.2 Å². The number of aliphatic hydroxyl groups is 1. The molecule has 2 aromatic carbocycles. The van der Waals surface area contributed by atoms with Gasteiger partial charge in [0.15, 0.2) is 0 Å². The molecule has 90 heavy (non-hydrogen) atoms. The fourth-order valence-electron chi connectivity index (χ4n) is 9.72. The van der Waals surface area contributed by atoms with E-state index < -0.39 is 144 Å². The monoisotopic (exact) mass is 1280 g/mol. The minimum absolute atomic E-state index is 0.00189. The Bertz CT molecular complexity index is 2990. The van der Waals surface area contributed by atoms with Crippen LogP contribution in [0.25, 0.3) is 11.1 Å². The van der Waals surface area contributed by atoms with E-state index in [2.05, 4.69) is 21.3 Å². The lowest BCUT2D eigenvalue weighted by Crippen LogP contribution is -2.59. The van der Waals surface area contributed by atoms with Crippen LogP contribution in [0.4, 0.5) is 26.7 Å². The van der Waals surface area contributed by atoms with Crippen LogP contribution in [0.15, 0.2) is 72.9 Å². The first-order valence-corrected chi connectivity index (χ1v) is 29.1. The highest BCUT2D eigenvalue weighted by atomic mass is 19.4. The largest absolute Gasteiger partial charge is 0.490 e. The lowest BCUT2D eigenvalue weighted by atomic mass is 9.82. The smallest absolute Gasteiger partial charge is 0.480 e. The fourth-order valence-corrected chi connectivity index (χ4v) is 9.72. The minimum Gasteiger partial charge on any atom is -0.480 e. The molecule has 0 bridgehead atoms. The second kappa shape index (κ2) is 36.1. The maximum absolute atomic E-state index is 15.3. The molecule has 1 aliphatic heterocycles. The molecule has 496 valence electrons. The molecule has 30 heteroatoms. The number of unbranched alkanes of at least 4 members (excludes halogenated alkanes) is 3. The number of hydrogen-bond acceptors (Lipinski definition) is 14. The number of aliphatic hydroxyl groups excluding tert-OH is 1. The van der Waals surface area contributed by atoms with E-state index in [1.54, 1.807) is 26.1 Å². The molecule has 2 heterocycles. The van der Waals surface area contributed by atoms with Crippen molar-refractivity contribution >= 4 is 65.2 Å². The molecule has 0 saturated carbocycles. The normalized spacial score (nSPS) is 13.9. The van der Waals surface area contributed by atoms with Gasteiger partial charge in [-0.05, 0) is 99.1 Å². The van der Waals surface area contributed by atoms with Crippen LogP contribution in [-0.2, 0) is 54.5 Å². The summed E-state index contributed by atoms with van der Waals surface area (Å²) in [6, 6.07) is 6.34. The van der Waals surface area contributed by atoms with Gasteiger partial charge in [-0.25, -0.2) is 23.2 Å². The van der Waals surface area contributed by atoms with Crippen molar-refractivity contribution in [3.63, 3.8) is 0 Å². The molecule has 0 unspecified atom stereocenters. The highest BCUT2D eigenvalue weighted by Gasteiger charge is 2.41. The number of carboxylic acids is 2. The number of aliphatic carboxylic acids is 2. The molecule has 0 radical (unpaired) electrons. The first kappa shape index (κ1) is 75.6. The minimum atomic E-state index is -5.08. The number of hydrogen-bond donors (Lipinski definition) is 10. The van der Waals surface area contributed by atoms with Gasteiger partial charge in [0, 0.05) is 80.7 Å². The number of aromatic nitrogens is 1. The SMILES string of the molecule is CC(C)[C@H](NC(=O)CCCCCN1C(=O)C=CC1=O)C(=O)N[C@@H](CCCNC(N)=O)C(=O)N(C(=O)CCNC(=O)[C@@H](N)CCN(C(=O)CO)[C@@H](c1cc(-c2cc(F)ccc2F)cn1Cc1ccccc1)C(C)(C)C)[C@@H](CCCCN)C(=O)O.O=C(O)C(F)(F)F. The topological polar surface area (TPSA) is 389 Å². The van der Waals surface area contributed by atoms with Crippen molar-refractivity contribution in [2.24, 2.45) is 28.5 Å². The van der Waals surface area contributed by atoms with Crippen molar-refractivity contribution in [3.05, 3.63) is 95.8 Å². The number of carbonyl (C=O) groups is 11. The van der Waals surface area contributed by atoms with Crippen LogP contribution < -0.4 is 38.5 Å². The summed E-state index contributed by atoms with van der Waals surface area (Å²) in [6.45, 7) is 7.73. The molecule has 25 nitrogen and oxygen atoms in total. The molecule has 13 N–H and O–H groups in total. The Labute approximate surface area is 517 Å². The van der Waals surface area contributed by atoms with E-state index in [-0.39, 0.29) is 76.8 Å². The summed E-state index contributed by atoms with van der Waals surface area (Å²) < 4.78 is 63.4. The first-order chi connectivity index (χ1) is 42.2. The number of nitrogens with one attached hydrogen (secondary N) is 4. The van der Waals surface area contributed by atoms with Crippen LogP contribution in [-0.4, -0.2) is 169 Å². The molecule has 0 fully saturated rings. The Morgan fingerprint density at radius 2 is 1.39 bits per heavy atom. The Balaban J connectivity index is 0.00000284. The van der Waals surface area contributed by atoms with Crippen molar-refractivity contribution in [3.8, 4) is 11.1 Å². The number of rotatable bonds is 34. The van der Waals surface area contributed by atoms with Gasteiger partial charge in [0.25, 0.3) is 17.7 Å². The molecule has 1 aromatic heterocycles. The van der Waals surface area contributed by atoms with E-state index in [1.807, 2.05) is 55.7 Å². The van der Waals surface area contributed by atoms with E-state index in [0.717, 1.165) is 28.7 Å².